The van der Waals surface area contributed by atoms with Gasteiger partial charge in [-0.1, -0.05) is 13.0 Å². The number of nitrogens with two attached hydrogens (primary N) is 1. The van der Waals surface area contributed by atoms with Crippen LogP contribution >= 0.6 is 0 Å². The Morgan fingerprint density at radius 1 is 1.58 bits per heavy atom. The zero-order chi connectivity index (χ0) is 14.4. The number of nitro groups is 1. The highest BCUT2D eigenvalue weighted by Crippen LogP contribution is 2.30. The number of amides is 1. The first-order chi connectivity index (χ1) is 9.04. The molecule has 0 aliphatic rings. The summed E-state index contributed by atoms with van der Waals surface area (Å²) in [5.41, 5.74) is 5.39. The van der Waals surface area contributed by atoms with Crippen LogP contribution in [0.4, 0.5) is 5.69 Å². The number of ether oxygens (including phenoxy) is 1. The van der Waals surface area contributed by atoms with E-state index in [9.17, 15) is 14.9 Å². The Kier molecular flexibility index (Phi) is 5.25. The third-order valence-corrected chi connectivity index (χ3v) is 2.75. The fourth-order valence-corrected chi connectivity index (χ4v) is 1.65. The van der Waals surface area contributed by atoms with Gasteiger partial charge in [-0.3, -0.25) is 14.9 Å². The lowest BCUT2D eigenvalue weighted by atomic mass is 10.1. The van der Waals surface area contributed by atoms with Gasteiger partial charge in [0.2, 0.25) is 5.75 Å². The van der Waals surface area contributed by atoms with Gasteiger partial charge >= 0.3 is 5.69 Å². The van der Waals surface area contributed by atoms with Gasteiger partial charge in [-0.25, -0.2) is 0 Å². The molecule has 0 heterocycles. The number of carbonyl (C=O) groups excluding carboxylic acids is 1. The van der Waals surface area contributed by atoms with Crippen molar-refractivity contribution in [2.75, 3.05) is 13.7 Å². The van der Waals surface area contributed by atoms with Crippen LogP contribution in [0.1, 0.15) is 23.7 Å². The molecule has 1 atom stereocenters. The molecule has 1 aromatic carbocycles. The lowest BCUT2D eigenvalue weighted by molar-refractivity contribution is -0.385. The molecule has 0 saturated carbocycles. The second-order valence-corrected chi connectivity index (χ2v) is 3.93. The summed E-state index contributed by atoms with van der Waals surface area (Å²) in [5, 5.41) is 13.6. The van der Waals surface area contributed by atoms with Crippen LogP contribution in [-0.4, -0.2) is 30.5 Å². The summed E-state index contributed by atoms with van der Waals surface area (Å²) in [6.45, 7) is 2.20. The van der Waals surface area contributed by atoms with E-state index in [4.69, 9.17) is 10.5 Å². The van der Waals surface area contributed by atoms with E-state index in [1.165, 1.54) is 25.3 Å². The molecule has 0 saturated heterocycles. The van der Waals surface area contributed by atoms with E-state index in [0.717, 1.165) is 0 Å². The first-order valence-corrected chi connectivity index (χ1v) is 5.87. The van der Waals surface area contributed by atoms with Crippen LogP contribution in [0.2, 0.25) is 0 Å². The van der Waals surface area contributed by atoms with Crippen LogP contribution in [0, 0.1) is 10.1 Å². The Balaban J connectivity index is 3.09. The molecule has 0 bridgehead atoms. The highest BCUT2D eigenvalue weighted by atomic mass is 16.6. The molecule has 7 heteroatoms. The third-order valence-electron chi connectivity index (χ3n) is 2.75. The maximum atomic E-state index is 12.1. The second kappa shape index (κ2) is 6.69. The molecule has 104 valence electrons. The predicted molar refractivity (Wildman–Crippen MR) is 70.2 cm³/mol. The Morgan fingerprint density at radius 3 is 2.74 bits per heavy atom. The molecule has 0 aliphatic heterocycles. The number of hydrogen-bond acceptors (Lipinski definition) is 5. The maximum Gasteiger partial charge on any atom is 0.311 e. The van der Waals surface area contributed by atoms with E-state index < -0.39 is 10.8 Å². The zero-order valence-corrected chi connectivity index (χ0v) is 10.9. The summed E-state index contributed by atoms with van der Waals surface area (Å²) >= 11 is 0. The number of para-hydroxylation sites is 1. The van der Waals surface area contributed by atoms with Gasteiger partial charge in [0.05, 0.1) is 17.6 Å². The van der Waals surface area contributed by atoms with Gasteiger partial charge in [0.25, 0.3) is 5.91 Å². The zero-order valence-electron chi connectivity index (χ0n) is 10.9. The van der Waals surface area contributed by atoms with E-state index in [2.05, 4.69) is 5.32 Å². The summed E-state index contributed by atoms with van der Waals surface area (Å²) in [4.78, 5) is 22.3. The van der Waals surface area contributed by atoms with Gasteiger partial charge < -0.3 is 15.8 Å². The van der Waals surface area contributed by atoms with E-state index in [1.54, 1.807) is 0 Å². The quantitative estimate of drug-likeness (QED) is 0.592. The second-order valence-electron chi connectivity index (χ2n) is 3.93. The van der Waals surface area contributed by atoms with Crippen molar-refractivity contribution in [1.82, 2.24) is 5.32 Å². The van der Waals surface area contributed by atoms with Gasteiger partial charge in [0, 0.05) is 18.7 Å². The minimum atomic E-state index is -0.587. The minimum Gasteiger partial charge on any atom is -0.490 e. The summed E-state index contributed by atoms with van der Waals surface area (Å²) in [7, 11) is 1.29. The van der Waals surface area contributed by atoms with Crippen molar-refractivity contribution in [2.24, 2.45) is 5.73 Å². The van der Waals surface area contributed by atoms with Crippen molar-refractivity contribution in [3.63, 3.8) is 0 Å². The van der Waals surface area contributed by atoms with E-state index in [-0.39, 0.29) is 23.0 Å². The molecule has 19 heavy (non-hydrogen) atoms. The number of hydrogen-bond donors (Lipinski definition) is 2. The molecule has 0 radical (unpaired) electrons. The van der Waals surface area contributed by atoms with Crippen LogP contribution in [0.3, 0.4) is 0 Å². The largest absolute Gasteiger partial charge is 0.490 e. The molecule has 1 rings (SSSR count). The van der Waals surface area contributed by atoms with Crippen LogP contribution in [0.25, 0.3) is 0 Å². The van der Waals surface area contributed by atoms with Gasteiger partial charge in [-0.2, -0.15) is 0 Å². The van der Waals surface area contributed by atoms with Crippen LogP contribution < -0.4 is 15.8 Å². The van der Waals surface area contributed by atoms with Crippen molar-refractivity contribution >= 4 is 11.6 Å². The molecule has 1 aromatic rings. The van der Waals surface area contributed by atoms with Crippen molar-refractivity contribution in [1.29, 1.82) is 0 Å². The number of nitro benzene ring substituents is 1. The predicted octanol–water partition coefficient (Wildman–Crippen LogP) is 1.07. The van der Waals surface area contributed by atoms with Crippen LogP contribution in [-0.2, 0) is 0 Å². The fraction of sp³-hybridized carbons (Fsp3) is 0.417. The highest BCUT2D eigenvalue weighted by Gasteiger charge is 2.23. The summed E-state index contributed by atoms with van der Waals surface area (Å²) in [6, 6.07) is 4.04. The molecular weight excluding hydrogens is 250 g/mol. The molecule has 0 aliphatic carbocycles. The lowest BCUT2D eigenvalue weighted by Gasteiger charge is -2.15. The third kappa shape index (κ3) is 3.41. The minimum absolute atomic E-state index is 0.0446. The van der Waals surface area contributed by atoms with Crippen LogP contribution in [0.5, 0.6) is 5.75 Å². The first kappa shape index (κ1) is 14.9. The number of nitrogens with one attached hydrogen (secondary N) is 1. The van der Waals surface area contributed by atoms with E-state index >= 15 is 0 Å². The molecule has 3 N–H and O–H groups in total. The number of carbonyl (C=O) groups is 1. The van der Waals surface area contributed by atoms with Gasteiger partial charge in [-0.15, -0.1) is 0 Å². The molecule has 1 unspecified atom stereocenters. The summed E-state index contributed by atoms with van der Waals surface area (Å²) in [6.07, 6.45) is 0.680. The SMILES string of the molecule is CCC(CN)NC(=O)c1cccc([N+](=O)[O-])c1OC. The van der Waals surface area contributed by atoms with Crippen molar-refractivity contribution in [2.45, 2.75) is 19.4 Å². The van der Waals surface area contributed by atoms with Crippen molar-refractivity contribution in [3.05, 3.63) is 33.9 Å². The number of nitrogens with zero attached hydrogens (tertiary/aromatic N) is 1. The first-order valence-electron chi connectivity index (χ1n) is 5.87. The Hall–Kier alpha value is -2.15. The van der Waals surface area contributed by atoms with E-state index in [0.29, 0.717) is 13.0 Å². The maximum absolute atomic E-state index is 12.1. The monoisotopic (exact) mass is 267 g/mol. The summed E-state index contributed by atoms with van der Waals surface area (Å²) in [5.74, 6) is -0.477. The molecule has 7 nitrogen and oxygen atoms in total. The molecule has 0 fully saturated rings. The highest BCUT2D eigenvalue weighted by molar-refractivity contribution is 5.98. The molecule has 0 spiro atoms. The molecule has 1 amide bonds. The Morgan fingerprint density at radius 2 is 2.26 bits per heavy atom. The smallest absolute Gasteiger partial charge is 0.311 e. The molecular formula is C12H17N3O4. The fourth-order valence-electron chi connectivity index (χ4n) is 1.65. The Labute approximate surface area is 110 Å². The average molecular weight is 267 g/mol. The molecule has 0 aromatic heterocycles. The van der Waals surface area contributed by atoms with Crippen molar-refractivity contribution in [3.8, 4) is 5.75 Å². The lowest BCUT2D eigenvalue weighted by Crippen LogP contribution is -2.39. The topological polar surface area (TPSA) is 107 Å². The number of rotatable bonds is 6. The Bertz CT molecular complexity index is 472. The van der Waals surface area contributed by atoms with Gasteiger partial charge in [0.1, 0.15) is 0 Å². The van der Waals surface area contributed by atoms with Crippen LogP contribution in [0.15, 0.2) is 18.2 Å². The van der Waals surface area contributed by atoms with Gasteiger partial charge in [-0.05, 0) is 12.5 Å². The van der Waals surface area contributed by atoms with E-state index in [1.807, 2.05) is 6.92 Å². The average Bonchev–Trinajstić information content (AvgIpc) is 2.43. The number of benzene rings is 1. The normalized spacial score (nSPS) is 11.7. The standard InChI is InChI=1S/C12H17N3O4/c1-3-8(7-13)14-12(16)9-5-4-6-10(15(17)18)11(9)19-2/h4-6,8H,3,7,13H2,1-2H3,(H,14,16). The van der Waals surface area contributed by atoms with Crippen molar-refractivity contribution < 1.29 is 14.5 Å². The number of methoxy groups -OCH3 is 1. The summed E-state index contributed by atoms with van der Waals surface area (Å²) < 4.78 is 4.97. The van der Waals surface area contributed by atoms with Gasteiger partial charge in [0.15, 0.2) is 0 Å².